The van der Waals surface area contributed by atoms with E-state index in [2.05, 4.69) is 10.1 Å². The van der Waals surface area contributed by atoms with Crippen LogP contribution in [0.25, 0.3) is 5.82 Å². The summed E-state index contributed by atoms with van der Waals surface area (Å²) < 4.78 is 1.72. The molecule has 0 unspecified atom stereocenters. The molecule has 0 saturated carbocycles. The van der Waals surface area contributed by atoms with Gasteiger partial charge in [-0.3, -0.25) is 14.9 Å². The molecule has 1 aromatic carbocycles. The second-order valence-electron chi connectivity index (χ2n) is 7.72. The van der Waals surface area contributed by atoms with Crippen molar-refractivity contribution in [1.29, 1.82) is 0 Å². The molecule has 0 spiro atoms. The number of hydrogen-bond acceptors (Lipinski definition) is 6. The van der Waals surface area contributed by atoms with Crippen LogP contribution in [-0.2, 0) is 0 Å². The number of piperazine rings is 1. The molecule has 0 aliphatic carbocycles. The van der Waals surface area contributed by atoms with E-state index in [9.17, 15) is 14.9 Å². The summed E-state index contributed by atoms with van der Waals surface area (Å²) in [5.74, 6) is 0.677. The van der Waals surface area contributed by atoms with Crippen molar-refractivity contribution in [3.05, 3.63) is 76.2 Å². The number of benzene rings is 1. The topological polar surface area (TPSA) is 97.4 Å². The first-order valence-electron chi connectivity index (χ1n) is 10.2. The summed E-state index contributed by atoms with van der Waals surface area (Å²) in [4.78, 5) is 32.4. The molecule has 1 fully saturated rings. The SMILES string of the molecule is CC(C)c1c(C(=O)N2CCN(c3ccccc3[N+](=O)[O-])CC2)cnn1-c1ccccn1. The first kappa shape index (κ1) is 20.5. The lowest BCUT2D eigenvalue weighted by atomic mass is 10.0. The van der Waals surface area contributed by atoms with Crippen molar-refractivity contribution < 1.29 is 9.72 Å². The van der Waals surface area contributed by atoms with E-state index in [1.54, 1.807) is 40.2 Å². The Balaban J connectivity index is 1.54. The summed E-state index contributed by atoms with van der Waals surface area (Å²) in [6, 6.07) is 12.3. The molecule has 3 heterocycles. The fourth-order valence-electron chi connectivity index (χ4n) is 3.95. The number of nitro groups is 1. The van der Waals surface area contributed by atoms with E-state index < -0.39 is 0 Å². The predicted molar refractivity (Wildman–Crippen MR) is 117 cm³/mol. The molecule has 9 nitrogen and oxygen atoms in total. The lowest BCUT2D eigenvalue weighted by molar-refractivity contribution is -0.384. The van der Waals surface area contributed by atoms with Gasteiger partial charge in [-0.25, -0.2) is 9.67 Å². The van der Waals surface area contributed by atoms with Crippen LogP contribution in [0.15, 0.2) is 54.9 Å². The van der Waals surface area contributed by atoms with Gasteiger partial charge in [0.05, 0.1) is 22.4 Å². The fourth-order valence-corrected chi connectivity index (χ4v) is 3.95. The van der Waals surface area contributed by atoms with Gasteiger partial charge in [0.25, 0.3) is 11.6 Å². The molecular formula is C22H24N6O3. The molecule has 3 aromatic rings. The van der Waals surface area contributed by atoms with E-state index in [1.807, 2.05) is 36.9 Å². The maximum atomic E-state index is 13.3. The third-order valence-corrected chi connectivity index (χ3v) is 5.44. The highest BCUT2D eigenvalue weighted by Gasteiger charge is 2.29. The third-order valence-electron chi connectivity index (χ3n) is 5.44. The third kappa shape index (κ3) is 3.98. The standard InChI is InChI=1S/C22H24N6O3/c1-16(2)21-17(15-24-27(21)20-9-5-6-10-23-20)22(29)26-13-11-25(12-14-26)18-7-3-4-8-19(18)28(30)31/h3-10,15-16H,11-14H2,1-2H3. The van der Waals surface area contributed by atoms with E-state index in [4.69, 9.17) is 0 Å². The van der Waals surface area contributed by atoms with Gasteiger partial charge in [-0.1, -0.05) is 32.0 Å². The van der Waals surface area contributed by atoms with Crippen molar-refractivity contribution in [2.24, 2.45) is 0 Å². The van der Waals surface area contributed by atoms with E-state index in [1.165, 1.54) is 6.07 Å². The van der Waals surface area contributed by atoms with Crippen LogP contribution in [0.1, 0.15) is 35.8 Å². The second kappa shape index (κ2) is 8.55. The normalized spacial score (nSPS) is 14.2. The number of nitrogens with zero attached hydrogens (tertiary/aromatic N) is 6. The lowest BCUT2D eigenvalue weighted by Gasteiger charge is -2.35. The predicted octanol–water partition coefficient (Wildman–Crippen LogP) is 3.26. The molecule has 31 heavy (non-hydrogen) atoms. The van der Waals surface area contributed by atoms with Crippen molar-refractivity contribution in [3.63, 3.8) is 0 Å². The lowest BCUT2D eigenvalue weighted by Crippen LogP contribution is -2.49. The van der Waals surface area contributed by atoms with Crippen LogP contribution in [0.2, 0.25) is 0 Å². The van der Waals surface area contributed by atoms with Crippen molar-refractivity contribution in [1.82, 2.24) is 19.7 Å². The van der Waals surface area contributed by atoms with Crippen LogP contribution in [0, 0.1) is 10.1 Å². The van der Waals surface area contributed by atoms with Crippen molar-refractivity contribution >= 4 is 17.3 Å². The number of carbonyl (C=O) groups is 1. The van der Waals surface area contributed by atoms with Crippen LogP contribution in [0.5, 0.6) is 0 Å². The molecule has 160 valence electrons. The average molecular weight is 420 g/mol. The Bertz CT molecular complexity index is 1090. The molecule has 0 radical (unpaired) electrons. The van der Waals surface area contributed by atoms with Crippen LogP contribution < -0.4 is 4.90 Å². The molecule has 1 aliphatic heterocycles. The van der Waals surface area contributed by atoms with Gasteiger partial charge >= 0.3 is 0 Å². The summed E-state index contributed by atoms with van der Waals surface area (Å²) in [5.41, 5.74) is 2.07. The first-order valence-corrected chi connectivity index (χ1v) is 10.2. The number of aromatic nitrogens is 3. The zero-order valence-corrected chi connectivity index (χ0v) is 17.5. The molecule has 1 amide bonds. The monoisotopic (exact) mass is 420 g/mol. The molecule has 0 bridgehead atoms. The van der Waals surface area contributed by atoms with E-state index in [0.717, 1.165) is 5.69 Å². The second-order valence-corrected chi connectivity index (χ2v) is 7.72. The molecule has 0 N–H and O–H groups in total. The Labute approximate surface area is 180 Å². The highest BCUT2D eigenvalue weighted by molar-refractivity contribution is 5.95. The molecular weight excluding hydrogens is 396 g/mol. The van der Waals surface area contributed by atoms with Gasteiger partial charge in [-0.2, -0.15) is 5.10 Å². The highest BCUT2D eigenvalue weighted by atomic mass is 16.6. The first-order chi connectivity index (χ1) is 15.0. The van der Waals surface area contributed by atoms with Gasteiger partial charge < -0.3 is 9.80 Å². The summed E-state index contributed by atoms with van der Waals surface area (Å²) in [5, 5.41) is 15.8. The molecule has 9 heteroatoms. The number of anilines is 1. The number of pyridine rings is 1. The Morgan fingerprint density at radius 2 is 1.77 bits per heavy atom. The van der Waals surface area contributed by atoms with Crippen LogP contribution in [-0.4, -0.2) is 56.7 Å². The zero-order chi connectivity index (χ0) is 22.0. The van der Waals surface area contributed by atoms with Gasteiger partial charge in [0.2, 0.25) is 0 Å². The number of para-hydroxylation sites is 2. The number of amides is 1. The minimum absolute atomic E-state index is 0.0758. The number of hydrogen-bond donors (Lipinski definition) is 0. The Morgan fingerprint density at radius 1 is 1.06 bits per heavy atom. The van der Waals surface area contributed by atoms with Crippen LogP contribution in [0.4, 0.5) is 11.4 Å². The van der Waals surface area contributed by atoms with Gasteiger partial charge in [0.1, 0.15) is 5.69 Å². The van der Waals surface area contributed by atoms with Crippen molar-refractivity contribution in [2.45, 2.75) is 19.8 Å². The summed E-state index contributed by atoms with van der Waals surface area (Å²) in [7, 11) is 0. The quantitative estimate of drug-likeness (QED) is 0.464. The number of rotatable bonds is 5. The largest absolute Gasteiger partial charge is 0.362 e. The average Bonchev–Trinajstić information content (AvgIpc) is 3.25. The maximum absolute atomic E-state index is 13.3. The maximum Gasteiger partial charge on any atom is 0.292 e. The Morgan fingerprint density at radius 3 is 2.42 bits per heavy atom. The van der Waals surface area contributed by atoms with Crippen molar-refractivity contribution in [3.8, 4) is 5.82 Å². The van der Waals surface area contributed by atoms with Crippen molar-refractivity contribution in [2.75, 3.05) is 31.1 Å². The minimum Gasteiger partial charge on any atom is -0.362 e. The van der Waals surface area contributed by atoms with Gasteiger partial charge in [0.15, 0.2) is 5.82 Å². The Hall–Kier alpha value is -3.75. The van der Waals surface area contributed by atoms with Gasteiger partial charge in [0, 0.05) is 38.4 Å². The van der Waals surface area contributed by atoms with Crippen LogP contribution >= 0.6 is 0 Å². The van der Waals surface area contributed by atoms with E-state index in [-0.39, 0.29) is 22.4 Å². The molecule has 4 rings (SSSR count). The summed E-state index contributed by atoms with van der Waals surface area (Å²) >= 11 is 0. The molecule has 1 aliphatic rings. The molecule has 2 aromatic heterocycles. The smallest absolute Gasteiger partial charge is 0.292 e. The molecule has 1 saturated heterocycles. The van der Waals surface area contributed by atoms with Gasteiger partial charge in [-0.05, 0) is 24.1 Å². The summed E-state index contributed by atoms with van der Waals surface area (Å²) in [6.45, 7) is 6.08. The van der Waals surface area contributed by atoms with E-state index in [0.29, 0.717) is 43.2 Å². The van der Waals surface area contributed by atoms with Crippen LogP contribution in [0.3, 0.4) is 0 Å². The minimum atomic E-state index is -0.367. The zero-order valence-electron chi connectivity index (χ0n) is 17.5. The Kier molecular flexibility index (Phi) is 5.66. The summed E-state index contributed by atoms with van der Waals surface area (Å²) in [6.07, 6.45) is 3.31. The number of carbonyl (C=O) groups excluding carboxylic acids is 1. The van der Waals surface area contributed by atoms with Gasteiger partial charge in [-0.15, -0.1) is 0 Å². The fraction of sp³-hybridized carbons (Fsp3) is 0.318. The highest BCUT2D eigenvalue weighted by Crippen LogP contribution is 2.29. The number of nitro benzene ring substituents is 1. The molecule has 0 atom stereocenters. The van der Waals surface area contributed by atoms with E-state index >= 15 is 0 Å².